The number of hydrogen-bond acceptors (Lipinski definition) is 3. The number of nitriles is 3. The lowest BCUT2D eigenvalue weighted by Gasteiger charge is -2.33. The molecule has 0 heterocycles. The van der Waals surface area contributed by atoms with E-state index < -0.39 is 0 Å². The molecule has 0 aliphatic heterocycles. The molecule has 0 unspecified atom stereocenters. The van der Waals surface area contributed by atoms with Gasteiger partial charge in [0.15, 0.2) is 0 Å². The van der Waals surface area contributed by atoms with Crippen molar-refractivity contribution in [3.05, 3.63) is 106 Å². The van der Waals surface area contributed by atoms with Crippen LogP contribution >= 0.6 is 0 Å². The smallest absolute Gasteiger partial charge is 0.101 e. The van der Waals surface area contributed by atoms with Crippen molar-refractivity contribution in [2.24, 2.45) is 0 Å². The molecule has 132 valence electrons. The molecule has 0 saturated heterocycles. The first-order valence-electron chi connectivity index (χ1n) is 9.28. The van der Waals surface area contributed by atoms with Gasteiger partial charge >= 0.3 is 0 Å². The first-order chi connectivity index (χ1) is 13.8. The number of rotatable bonds is 2. The largest absolute Gasteiger partial charge is 0.192 e. The van der Waals surface area contributed by atoms with Crippen LogP contribution in [0, 0.1) is 34.0 Å². The first-order valence-corrected chi connectivity index (χ1v) is 9.28. The summed E-state index contributed by atoms with van der Waals surface area (Å²) in [5.41, 5.74) is 5.69. The summed E-state index contributed by atoms with van der Waals surface area (Å²) in [6.07, 6.45) is 1.86. The fourth-order valence-electron chi connectivity index (χ4n) is 4.33. The number of fused-ring (bicyclic) bond motifs is 1. The van der Waals surface area contributed by atoms with Gasteiger partial charge in [-0.1, -0.05) is 54.6 Å². The van der Waals surface area contributed by atoms with E-state index in [1.165, 1.54) is 16.7 Å². The first kappa shape index (κ1) is 17.5. The molecule has 0 aromatic heterocycles. The Balaban J connectivity index is 1.86. The molecule has 0 amide bonds. The maximum atomic E-state index is 9.67. The molecular weight excluding hydrogens is 342 g/mol. The topological polar surface area (TPSA) is 71.4 Å². The lowest BCUT2D eigenvalue weighted by Crippen LogP contribution is -2.17. The van der Waals surface area contributed by atoms with Crippen LogP contribution in [0.2, 0.25) is 0 Å². The normalized spacial score (nSPS) is 17.6. The predicted octanol–water partition coefficient (Wildman–Crippen LogP) is 5.36. The van der Waals surface area contributed by atoms with Crippen LogP contribution in [0.3, 0.4) is 0 Å². The Morgan fingerprint density at radius 1 is 0.571 bits per heavy atom. The Bertz CT molecular complexity index is 1160. The van der Waals surface area contributed by atoms with Crippen molar-refractivity contribution < 1.29 is 0 Å². The van der Waals surface area contributed by atoms with Crippen LogP contribution < -0.4 is 0 Å². The third-order valence-corrected chi connectivity index (χ3v) is 5.62. The minimum absolute atomic E-state index is 0.0469. The van der Waals surface area contributed by atoms with Crippen LogP contribution in [0.4, 0.5) is 0 Å². The van der Waals surface area contributed by atoms with Crippen LogP contribution in [0.1, 0.15) is 63.6 Å². The van der Waals surface area contributed by atoms with Crippen molar-refractivity contribution >= 4 is 0 Å². The summed E-state index contributed by atoms with van der Waals surface area (Å²) in [6.45, 7) is 0. The minimum atomic E-state index is 0.0469. The number of nitrogens with zero attached hydrogens (tertiary/aromatic N) is 3. The standard InChI is InChI=1S/C25H17N3/c26-14-18-12-20(16-28)25(13-19(18)15-27)24-11-10-21(17-6-2-1-3-7-17)22-8-4-5-9-23(22)24/h1-9,12-13,21,24H,10-11H2/t21-,24+/m0/s1. The summed E-state index contributed by atoms with van der Waals surface area (Å²) in [4.78, 5) is 0. The van der Waals surface area contributed by atoms with Crippen LogP contribution in [0.25, 0.3) is 0 Å². The van der Waals surface area contributed by atoms with Gasteiger partial charge in [-0.2, -0.15) is 15.8 Å². The summed E-state index contributed by atoms with van der Waals surface area (Å²) in [5.74, 6) is 0.374. The van der Waals surface area contributed by atoms with Crippen molar-refractivity contribution in [1.82, 2.24) is 0 Å². The second-order valence-electron chi connectivity index (χ2n) is 7.04. The predicted molar refractivity (Wildman–Crippen MR) is 106 cm³/mol. The molecule has 3 aromatic rings. The van der Waals surface area contributed by atoms with Gasteiger partial charge in [-0.15, -0.1) is 0 Å². The van der Waals surface area contributed by atoms with Gasteiger partial charge in [-0.05, 0) is 47.2 Å². The summed E-state index contributed by atoms with van der Waals surface area (Å²) in [5, 5.41) is 28.4. The molecule has 1 aliphatic carbocycles. The van der Waals surface area contributed by atoms with E-state index in [1.807, 2.05) is 18.2 Å². The molecule has 0 N–H and O–H groups in total. The summed E-state index contributed by atoms with van der Waals surface area (Å²) >= 11 is 0. The second kappa shape index (κ2) is 7.40. The van der Waals surface area contributed by atoms with Crippen LogP contribution in [0.5, 0.6) is 0 Å². The molecule has 0 bridgehead atoms. The maximum absolute atomic E-state index is 9.67. The van der Waals surface area contributed by atoms with Gasteiger partial charge in [0, 0.05) is 11.8 Å². The van der Waals surface area contributed by atoms with E-state index in [0.717, 1.165) is 18.4 Å². The Kier molecular flexibility index (Phi) is 4.63. The summed E-state index contributed by atoms with van der Waals surface area (Å²) in [7, 11) is 0. The Morgan fingerprint density at radius 2 is 1.11 bits per heavy atom. The molecule has 3 heteroatoms. The fourth-order valence-corrected chi connectivity index (χ4v) is 4.33. The van der Waals surface area contributed by atoms with Gasteiger partial charge in [0.2, 0.25) is 0 Å². The lowest BCUT2D eigenvalue weighted by molar-refractivity contribution is 0.564. The van der Waals surface area contributed by atoms with Crippen molar-refractivity contribution in [3.63, 3.8) is 0 Å². The Labute approximate surface area is 164 Å². The van der Waals surface area contributed by atoms with Gasteiger partial charge in [0.25, 0.3) is 0 Å². The second-order valence-corrected chi connectivity index (χ2v) is 7.04. The highest BCUT2D eigenvalue weighted by Gasteiger charge is 2.30. The Morgan fingerprint density at radius 3 is 1.75 bits per heavy atom. The van der Waals surface area contributed by atoms with Gasteiger partial charge < -0.3 is 0 Å². The SMILES string of the molecule is N#Cc1cc(C#N)c([C@@H]2CC[C@@H](c3ccccc3)c3ccccc32)cc1C#N. The molecule has 28 heavy (non-hydrogen) atoms. The lowest BCUT2D eigenvalue weighted by atomic mass is 9.71. The zero-order valence-corrected chi connectivity index (χ0v) is 15.3. The molecule has 1 aliphatic rings. The molecule has 4 rings (SSSR count). The van der Waals surface area contributed by atoms with Crippen LogP contribution in [-0.2, 0) is 0 Å². The van der Waals surface area contributed by atoms with Gasteiger partial charge in [-0.25, -0.2) is 0 Å². The van der Waals surface area contributed by atoms with Crippen molar-refractivity contribution in [2.45, 2.75) is 24.7 Å². The third-order valence-electron chi connectivity index (χ3n) is 5.62. The average Bonchev–Trinajstić information content (AvgIpc) is 2.78. The minimum Gasteiger partial charge on any atom is -0.192 e. The van der Waals surface area contributed by atoms with E-state index >= 15 is 0 Å². The van der Waals surface area contributed by atoms with Gasteiger partial charge in [-0.3, -0.25) is 0 Å². The van der Waals surface area contributed by atoms with Gasteiger partial charge in [0.1, 0.15) is 12.1 Å². The van der Waals surface area contributed by atoms with E-state index in [9.17, 15) is 15.8 Å². The highest BCUT2D eigenvalue weighted by molar-refractivity contribution is 5.57. The average molecular weight is 359 g/mol. The molecule has 3 nitrogen and oxygen atoms in total. The summed E-state index contributed by atoms with van der Waals surface area (Å²) < 4.78 is 0. The number of hydrogen-bond donors (Lipinski definition) is 0. The molecule has 0 saturated carbocycles. The molecular formula is C25H17N3. The van der Waals surface area contributed by atoms with Crippen LogP contribution in [0.15, 0.2) is 66.7 Å². The molecule has 3 aromatic carbocycles. The molecule has 0 spiro atoms. The summed E-state index contributed by atoms with van der Waals surface area (Å²) in [6, 6.07) is 28.5. The highest BCUT2D eigenvalue weighted by Crippen LogP contribution is 2.45. The number of benzene rings is 3. The van der Waals surface area contributed by atoms with E-state index in [2.05, 4.69) is 54.6 Å². The fraction of sp³-hybridized carbons (Fsp3) is 0.160. The molecule has 0 radical (unpaired) electrons. The zero-order valence-electron chi connectivity index (χ0n) is 15.3. The molecule has 0 fully saturated rings. The van der Waals surface area contributed by atoms with Crippen molar-refractivity contribution in [1.29, 1.82) is 15.8 Å². The quantitative estimate of drug-likeness (QED) is 0.618. The van der Waals surface area contributed by atoms with Gasteiger partial charge in [0.05, 0.1) is 22.8 Å². The maximum Gasteiger partial charge on any atom is 0.101 e. The van der Waals surface area contributed by atoms with E-state index in [4.69, 9.17) is 0 Å². The monoisotopic (exact) mass is 359 g/mol. The zero-order chi connectivity index (χ0) is 19.5. The third kappa shape index (κ3) is 2.92. The van der Waals surface area contributed by atoms with Crippen molar-refractivity contribution in [3.8, 4) is 18.2 Å². The van der Waals surface area contributed by atoms with E-state index in [1.54, 1.807) is 12.1 Å². The van der Waals surface area contributed by atoms with Crippen LogP contribution in [-0.4, -0.2) is 0 Å². The van der Waals surface area contributed by atoms with E-state index in [-0.39, 0.29) is 11.5 Å². The molecule has 2 atom stereocenters. The Hall–Kier alpha value is -3.87. The van der Waals surface area contributed by atoms with E-state index in [0.29, 0.717) is 17.0 Å². The highest BCUT2D eigenvalue weighted by atomic mass is 14.4. The van der Waals surface area contributed by atoms with Crippen molar-refractivity contribution in [2.75, 3.05) is 0 Å².